The summed E-state index contributed by atoms with van der Waals surface area (Å²) in [6.45, 7) is 6.80. The number of allylic oxidation sites excluding steroid dienone is 2. The number of fused-ring (bicyclic) bond motifs is 1. The third-order valence-corrected chi connectivity index (χ3v) is 8.38. The van der Waals surface area contributed by atoms with Crippen LogP contribution in [0.4, 0.5) is 5.69 Å². The van der Waals surface area contributed by atoms with Crippen molar-refractivity contribution in [2.75, 3.05) is 31.1 Å². The van der Waals surface area contributed by atoms with Crippen LogP contribution < -0.4 is 9.62 Å². The number of aliphatic hydroxyl groups excluding tert-OH is 2. The molecule has 0 spiro atoms. The summed E-state index contributed by atoms with van der Waals surface area (Å²) in [4.78, 5) is 3.52. The molecule has 0 radical (unpaired) electrons. The van der Waals surface area contributed by atoms with E-state index in [0.29, 0.717) is 10.5 Å². The molecule has 1 heterocycles. The standard InChI is InChI=1S/C25H29N3O4S2/c1-4-28(5-2)21-9-8-18-12-20(7-6-19(18)13-21)24-11-10-23(33-24)17(3)25(14-26)34(31,32)27-15-22(30)16-29/h6-13,22,27,29-30H,4-5,15-16H2,1-3H3/b25-17+. The lowest BCUT2D eigenvalue weighted by Crippen LogP contribution is -2.34. The van der Waals surface area contributed by atoms with Crippen molar-refractivity contribution in [2.45, 2.75) is 26.9 Å². The molecular weight excluding hydrogens is 470 g/mol. The maximum atomic E-state index is 12.6. The first kappa shape index (κ1) is 25.9. The number of benzene rings is 2. The van der Waals surface area contributed by atoms with Crippen molar-refractivity contribution in [3.63, 3.8) is 0 Å². The fourth-order valence-electron chi connectivity index (χ4n) is 3.67. The summed E-state index contributed by atoms with van der Waals surface area (Å²) in [6.07, 6.45) is -1.24. The number of sulfonamides is 1. The van der Waals surface area contributed by atoms with Gasteiger partial charge in [0, 0.05) is 35.1 Å². The van der Waals surface area contributed by atoms with Crippen molar-refractivity contribution in [3.05, 3.63) is 58.3 Å². The second kappa shape index (κ2) is 11.1. The Hall–Kier alpha value is -2.74. The number of nitriles is 1. The number of hydrogen-bond donors (Lipinski definition) is 3. The minimum atomic E-state index is -4.12. The highest BCUT2D eigenvalue weighted by atomic mass is 32.2. The van der Waals surface area contributed by atoms with Crippen LogP contribution in [0, 0.1) is 11.3 Å². The molecule has 9 heteroatoms. The van der Waals surface area contributed by atoms with Gasteiger partial charge in [-0.05, 0) is 73.0 Å². The number of thiophene rings is 1. The van der Waals surface area contributed by atoms with Crippen molar-refractivity contribution >= 4 is 43.4 Å². The zero-order chi connectivity index (χ0) is 24.9. The third-order valence-electron chi connectivity index (χ3n) is 5.64. The molecule has 0 saturated carbocycles. The largest absolute Gasteiger partial charge is 0.394 e. The first-order valence-corrected chi connectivity index (χ1v) is 13.3. The van der Waals surface area contributed by atoms with Crippen molar-refractivity contribution in [1.29, 1.82) is 5.26 Å². The van der Waals surface area contributed by atoms with Gasteiger partial charge in [-0.15, -0.1) is 11.3 Å². The molecule has 3 rings (SSSR count). The van der Waals surface area contributed by atoms with Crippen LogP contribution in [0.3, 0.4) is 0 Å². The van der Waals surface area contributed by atoms with Gasteiger partial charge in [0.2, 0.25) is 0 Å². The second-order valence-corrected chi connectivity index (χ2v) is 10.6. The highest BCUT2D eigenvalue weighted by Crippen LogP contribution is 2.35. The van der Waals surface area contributed by atoms with Gasteiger partial charge >= 0.3 is 0 Å². The average molecular weight is 500 g/mol. The summed E-state index contributed by atoms with van der Waals surface area (Å²) in [6, 6.07) is 18.1. The first-order valence-electron chi connectivity index (χ1n) is 11.0. The summed E-state index contributed by atoms with van der Waals surface area (Å²) in [5, 5.41) is 30.1. The zero-order valence-electron chi connectivity index (χ0n) is 19.4. The lowest BCUT2D eigenvalue weighted by atomic mass is 10.0. The lowest BCUT2D eigenvalue weighted by molar-refractivity contribution is 0.0989. The van der Waals surface area contributed by atoms with E-state index >= 15 is 0 Å². The van der Waals surface area contributed by atoms with Crippen molar-refractivity contribution in [1.82, 2.24) is 4.72 Å². The number of hydrogen-bond acceptors (Lipinski definition) is 7. The van der Waals surface area contributed by atoms with Crippen LogP contribution in [0.1, 0.15) is 25.6 Å². The molecule has 34 heavy (non-hydrogen) atoms. The fourth-order valence-corrected chi connectivity index (χ4v) is 5.93. The Kier molecular flexibility index (Phi) is 8.47. The van der Waals surface area contributed by atoms with E-state index in [2.05, 4.69) is 53.8 Å². The number of nitrogens with zero attached hydrogens (tertiary/aromatic N) is 2. The van der Waals surface area contributed by atoms with E-state index in [1.807, 2.05) is 12.1 Å². The molecule has 0 amide bonds. The minimum absolute atomic E-state index is 0.328. The quantitative estimate of drug-likeness (QED) is 0.364. The highest BCUT2D eigenvalue weighted by molar-refractivity contribution is 7.93. The van der Waals surface area contributed by atoms with Gasteiger partial charge in [-0.1, -0.05) is 18.2 Å². The van der Waals surface area contributed by atoms with E-state index in [1.54, 1.807) is 19.1 Å². The Morgan fingerprint density at radius 3 is 2.44 bits per heavy atom. The fraction of sp³-hybridized carbons (Fsp3) is 0.320. The molecule has 3 aromatic rings. The van der Waals surface area contributed by atoms with Crippen LogP contribution >= 0.6 is 11.3 Å². The van der Waals surface area contributed by atoms with Crippen molar-refractivity contribution in [2.24, 2.45) is 0 Å². The Morgan fingerprint density at radius 2 is 1.79 bits per heavy atom. The molecule has 0 saturated heterocycles. The second-order valence-electron chi connectivity index (χ2n) is 7.84. The predicted molar refractivity (Wildman–Crippen MR) is 139 cm³/mol. The van der Waals surface area contributed by atoms with Crippen LogP contribution in [0.15, 0.2) is 53.4 Å². The topological polar surface area (TPSA) is 114 Å². The molecule has 2 aromatic carbocycles. The Morgan fingerprint density at radius 1 is 1.12 bits per heavy atom. The number of rotatable bonds is 10. The number of anilines is 1. The van der Waals surface area contributed by atoms with Gasteiger partial charge in [-0.3, -0.25) is 0 Å². The van der Waals surface area contributed by atoms with Gasteiger partial charge in [0.1, 0.15) is 6.07 Å². The van der Waals surface area contributed by atoms with Gasteiger partial charge in [-0.2, -0.15) is 5.26 Å². The van der Waals surface area contributed by atoms with Crippen molar-refractivity contribution < 1.29 is 18.6 Å². The molecule has 3 N–H and O–H groups in total. The molecule has 0 aliphatic carbocycles. The Bertz CT molecular complexity index is 1340. The smallest absolute Gasteiger partial charge is 0.251 e. The molecule has 0 fully saturated rings. The maximum Gasteiger partial charge on any atom is 0.251 e. The summed E-state index contributed by atoms with van der Waals surface area (Å²) in [5.74, 6) is 0. The van der Waals surface area contributed by atoms with Gasteiger partial charge in [0.05, 0.1) is 12.7 Å². The van der Waals surface area contributed by atoms with Crippen LogP contribution in [0.5, 0.6) is 0 Å². The minimum Gasteiger partial charge on any atom is -0.394 e. The maximum absolute atomic E-state index is 12.6. The first-order chi connectivity index (χ1) is 16.2. The summed E-state index contributed by atoms with van der Waals surface area (Å²) < 4.78 is 27.3. The van der Waals surface area contributed by atoms with E-state index in [0.717, 1.165) is 34.3 Å². The van der Waals surface area contributed by atoms with Gasteiger partial charge in [-0.25, -0.2) is 13.1 Å². The summed E-state index contributed by atoms with van der Waals surface area (Å²) in [7, 11) is -4.12. The molecule has 1 atom stereocenters. The van der Waals surface area contributed by atoms with E-state index in [4.69, 9.17) is 5.11 Å². The van der Waals surface area contributed by atoms with E-state index in [9.17, 15) is 18.8 Å². The van der Waals surface area contributed by atoms with Crippen LogP contribution in [-0.2, 0) is 10.0 Å². The van der Waals surface area contributed by atoms with Crippen LogP contribution in [0.25, 0.3) is 26.8 Å². The van der Waals surface area contributed by atoms with Gasteiger partial charge in [0.25, 0.3) is 10.0 Å². The average Bonchev–Trinajstić information content (AvgIpc) is 3.33. The van der Waals surface area contributed by atoms with Crippen LogP contribution in [0.2, 0.25) is 0 Å². The van der Waals surface area contributed by atoms with E-state index < -0.39 is 27.6 Å². The zero-order valence-corrected chi connectivity index (χ0v) is 21.1. The Labute approximate surface area is 204 Å². The predicted octanol–water partition coefficient (Wildman–Crippen LogP) is 3.94. The number of aliphatic hydroxyl groups is 2. The number of nitrogens with one attached hydrogen (secondary N) is 1. The van der Waals surface area contributed by atoms with Crippen LogP contribution in [-0.4, -0.2) is 51.0 Å². The Balaban J connectivity index is 1.91. The molecule has 7 nitrogen and oxygen atoms in total. The summed E-state index contributed by atoms with van der Waals surface area (Å²) in [5.41, 5.74) is 2.53. The third kappa shape index (κ3) is 5.66. The molecule has 0 aliphatic heterocycles. The van der Waals surface area contributed by atoms with Gasteiger partial charge in [0.15, 0.2) is 4.91 Å². The molecule has 1 aromatic heterocycles. The monoisotopic (exact) mass is 499 g/mol. The van der Waals surface area contributed by atoms with E-state index in [-0.39, 0.29) is 6.54 Å². The molecule has 180 valence electrons. The molecule has 0 aliphatic rings. The van der Waals surface area contributed by atoms with E-state index in [1.165, 1.54) is 17.0 Å². The molecule has 1 unspecified atom stereocenters. The van der Waals surface area contributed by atoms with Crippen molar-refractivity contribution in [3.8, 4) is 16.5 Å². The normalized spacial score (nSPS) is 13.4. The lowest BCUT2D eigenvalue weighted by Gasteiger charge is -2.21. The highest BCUT2D eigenvalue weighted by Gasteiger charge is 2.23. The van der Waals surface area contributed by atoms with Gasteiger partial charge < -0.3 is 15.1 Å². The summed E-state index contributed by atoms with van der Waals surface area (Å²) >= 11 is 1.41. The SMILES string of the molecule is CCN(CC)c1ccc2cc(-c3ccc(/C(C)=C(\C#N)S(=O)(=O)NCC(O)CO)s3)ccc2c1. The molecular formula is C25H29N3O4S2. The molecule has 0 bridgehead atoms.